The van der Waals surface area contributed by atoms with Crippen molar-refractivity contribution in [1.29, 1.82) is 0 Å². The molecule has 0 N–H and O–H groups in total. The molecule has 0 amide bonds. The van der Waals surface area contributed by atoms with Gasteiger partial charge in [0.25, 0.3) is 0 Å². The van der Waals surface area contributed by atoms with Gasteiger partial charge in [-0.15, -0.1) is 0 Å². The van der Waals surface area contributed by atoms with E-state index in [-0.39, 0.29) is 5.41 Å². The summed E-state index contributed by atoms with van der Waals surface area (Å²) in [7, 11) is 0. The first-order valence-corrected chi connectivity index (χ1v) is 13.5. The largest absolute Gasteiger partial charge is 0.256 e. The van der Waals surface area contributed by atoms with Crippen LogP contribution >= 0.6 is 0 Å². The third kappa shape index (κ3) is 3.21. The maximum atomic E-state index is 5.27. The Morgan fingerprint density at radius 1 is 0.513 bits per heavy atom. The van der Waals surface area contributed by atoms with E-state index in [0.29, 0.717) is 0 Å². The van der Waals surface area contributed by atoms with Gasteiger partial charge in [0.05, 0.1) is 16.9 Å². The average Bonchev–Trinajstić information content (AvgIpc) is 3.21. The molecule has 7 aromatic rings. The molecule has 0 bridgehead atoms. The number of fused-ring (bicyclic) bond motifs is 7. The van der Waals surface area contributed by atoms with Crippen molar-refractivity contribution >= 4 is 32.4 Å². The fraction of sp³-hybridized carbons (Fsp3) is 0.0811. The van der Waals surface area contributed by atoms with Crippen LogP contribution in [0.4, 0.5) is 0 Å². The van der Waals surface area contributed by atoms with Gasteiger partial charge in [-0.25, -0.2) is 4.98 Å². The zero-order valence-corrected chi connectivity index (χ0v) is 21.9. The molecule has 2 nitrogen and oxygen atoms in total. The molecular weight excluding hydrogens is 472 g/mol. The van der Waals surface area contributed by atoms with Crippen LogP contribution in [0.25, 0.3) is 66.1 Å². The maximum absolute atomic E-state index is 5.27. The van der Waals surface area contributed by atoms with Gasteiger partial charge in [0, 0.05) is 38.9 Å². The van der Waals surface area contributed by atoms with Gasteiger partial charge in [0.1, 0.15) is 0 Å². The van der Waals surface area contributed by atoms with E-state index in [1.807, 2.05) is 6.20 Å². The monoisotopic (exact) mass is 498 g/mol. The second-order valence-corrected chi connectivity index (χ2v) is 11.1. The third-order valence-corrected chi connectivity index (χ3v) is 8.49. The minimum absolute atomic E-state index is 0.0717. The van der Waals surface area contributed by atoms with Crippen molar-refractivity contribution < 1.29 is 0 Å². The summed E-state index contributed by atoms with van der Waals surface area (Å²) in [6.07, 6.45) is 1.90. The van der Waals surface area contributed by atoms with E-state index >= 15 is 0 Å². The quantitative estimate of drug-likeness (QED) is 0.222. The van der Waals surface area contributed by atoms with E-state index in [9.17, 15) is 0 Å². The predicted molar refractivity (Wildman–Crippen MR) is 163 cm³/mol. The predicted octanol–water partition coefficient (Wildman–Crippen LogP) is 9.58. The molecule has 184 valence electrons. The highest BCUT2D eigenvalue weighted by Gasteiger charge is 2.35. The van der Waals surface area contributed by atoms with Crippen LogP contribution in [-0.2, 0) is 5.41 Å². The van der Waals surface area contributed by atoms with Crippen LogP contribution in [0.15, 0.2) is 121 Å². The summed E-state index contributed by atoms with van der Waals surface area (Å²) < 4.78 is 0. The first-order chi connectivity index (χ1) is 19.1. The van der Waals surface area contributed by atoms with Crippen molar-refractivity contribution in [3.63, 3.8) is 0 Å². The second-order valence-electron chi connectivity index (χ2n) is 11.1. The van der Waals surface area contributed by atoms with Crippen LogP contribution in [0.2, 0.25) is 0 Å². The summed E-state index contributed by atoms with van der Waals surface area (Å²) in [5.74, 6) is 0. The average molecular weight is 499 g/mol. The van der Waals surface area contributed by atoms with Crippen molar-refractivity contribution in [1.82, 2.24) is 9.97 Å². The summed E-state index contributed by atoms with van der Waals surface area (Å²) in [5.41, 5.74) is 10.6. The molecule has 2 heterocycles. The van der Waals surface area contributed by atoms with Crippen molar-refractivity contribution in [2.75, 3.05) is 0 Å². The van der Waals surface area contributed by atoms with Gasteiger partial charge in [0.15, 0.2) is 0 Å². The second kappa shape index (κ2) is 8.09. The standard InChI is InChI=1S/C37H26N2/c1-37(2)32-16-7-5-14-27(32)30-21-29-28-15-6-8-17-34(28)39-36(31(29)22-33(30)37)25-12-9-11-24(20-25)35-26-13-4-3-10-23(26)18-19-38-35/h3-22H,1-2H3. The highest BCUT2D eigenvalue weighted by atomic mass is 14.7. The van der Waals surface area contributed by atoms with Crippen LogP contribution < -0.4 is 0 Å². The molecule has 0 unspecified atom stereocenters. The van der Waals surface area contributed by atoms with E-state index in [1.165, 1.54) is 43.8 Å². The summed E-state index contributed by atoms with van der Waals surface area (Å²) in [6, 6.07) is 41.4. The number of benzene rings is 5. The van der Waals surface area contributed by atoms with Gasteiger partial charge in [-0.2, -0.15) is 0 Å². The van der Waals surface area contributed by atoms with E-state index in [1.54, 1.807) is 0 Å². The molecule has 0 fully saturated rings. The molecule has 0 saturated carbocycles. The summed E-state index contributed by atoms with van der Waals surface area (Å²) in [5, 5.41) is 5.98. The number of para-hydroxylation sites is 1. The fourth-order valence-corrected chi connectivity index (χ4v) is 6.53. The smallest absolute Gasteiger partial charge is 0.0788 e. The van der Waals surface area contributed by atoms with Crippen LogP contribution in [0.3, 0.4) is 0 Å². The van der Waals surface area contributed by atoms with Gasteiger partial charge in [-0.1, -0.05) is 98.8 Å². The minimum Gasteiger partial charge on any atom is -0.256 e. The molecule has 2 aromatic heterocycles. The number of nitrogens with zero attached hydrogens (tertiary/aromatic N) is 2. The Balaban J connectivity index is 1.42. The Morgan fingerprint density at radius 3 is 2.15 bits per heavy atom. The number of aromatic nitrogens is 2. The fourth-order valence-electron chi connectivity index (χ4n) is 6.53. The summed E-state index contributed by atoms with van der Waals surface area (Å²) >= 11 is 0. The normalized spacial score (nSPS) is 13.6. The first-order valence-electron chi connectivity index (χ1n) is 13.5. The zero-order valence-electron chi connectivity index (χ0n) is 21.9. The zero-order chi connectivity index (χ0) is 26.1. The lowest BCUT2D eigenvalue weighted by Gasteiger charge is -2.22. The Hall–Kier alpha value is -4.82. The van der Waals surface area contributed by atoms with E-state index in [4.69, 9.17) is 9.97 Å². The van der Waals surface area contributed by atoms with E-state index < -0.39 is 0 Å². The molecule has 8 rings (SSSR count). The molecule has 0 aliphatic heterocycles. The number of pyridine rings is 2. The highest BCUT2D eigenvalue weighted by molar-refractivity contribution is 6.13. The van der Waals surface area contributed by atoms with Crippen LogP contribution in [0, 0.1) is 0 Å². The Labute approximate surface area is 227 Å². The Kier molecular flexibility index (Phi) is 4.60. The van der Waals surface area contributed by atoms with Crippen molar-refractivity contribution in [2.24, 2.45) is 0 Å². The van der Waals surface area contributed by atoms with Gasteiger partial charge in [-0.05, 0) is 63.4 Å². The molecule has 2 heteroatoms. The van der Waals surface area contributed by atoms with Gasteiger partial charge in [-0.3, -0.25) is 4.98 Å². The molecule has 39 heavy (non-hydrogen) atoms. The van der Waals surface area contributed by atoms with Crippen LogP contribution in [0.1, 0.15) is 25.0 Å². The van der Waals surface area contributed by atoms with Crippen LogP contribution in [-0.4, -0.2) is 9.97 Å². The van der Waals surface area contributed by atoms with E-state index in [2.05, 4.69) is 129 Å². The highest BCUT2D eigenvalue weighted by Crippen LogP contribution is 2.51. The van der Waals surface area contributed by atoms with Crippen molar-refractivity contribution in [2.45, 2.75) is 19.3 Å². The number of hydrogen-bond donors (Lipinski definition) is 0. The maximum Gasteiger partial charge on any atom is 0.0788 e. The number of rotatable bonds is 2. The van der Waals surface area contributed by atoms with E-state index in [0.717, 1.165) is 33.4 Å². The molecule has 0 saturated heterocycles. The Bertz CT molecular complexity index is 2100. The van der Waals surface area contributed by atoms with Crippen molar-refractivity contribution in [3.8, 4) is 33.6 Å². The molecule has 1 aliphatic carbocycles. The molecule has 0 radical (unpaired) electrons. The molecule has 0 atom stereocenters. The molecule has 0 spiro atoms. The minimum atomic E-state index is -0.0717. The third-order valence-electron chi connectivity index (χ3n) is 8.49. The number of hydrogen-bond acceptors (Lipinski definition) is 2. The topological polar surface area (TPSA) is 25.8 Å². The van der Waals surface area contributed by atoms with Gasteiger partial charge < -0.3 is 0 Å². The summed E-state index contributed by atoms with van der Waals surface area (Å²) in [4.78, 5) is 10.1. The first kappa shape index (κ1) is 22.2. The van der Waals surface area contributed by atoms with Gasteiger partial charge >= 0.3 is 0 Å². The lowest BCUT2D eigenvalue weighted by Crippen LogP contribution is -2.14. The Morgan fingerprint density at radius 2 is 1.26 bits per heavy atom. The molecular formula is C37H26N2. The molecule has 1 aliphatic rings. The van der Waals surface area contributed by atoms with Crippen molar-refractivity contribution in [3.05, 3.63) is 133 Å². The lowest BCUT2D eigenvalue weighted by atomic mass is 9.81. The molecule has 5 aromatic carbocycles. The van der Waals surface area contributed by atoms with Gasteiger partial charge in [0.2, 0.25) is 0 Å². The summed E-state index contributed by atoms with van der Waals surface area (Å²) in [6.45, 7) is 4.68. The van der Waals surface area contributed by atoms with Crippen LogP contribution in [0.5, 0.6) is 0 Å². The lowest BCUT2D eigenvalue weighted by molar-refractivity contribution is 0.661. The SMILES string of the molecule is CC1(C)c2ccccc2-c2cc3c(cc21)c(-c1cccc(-c2nccc4ccccc24)c1)nc1ccccc13.